The van der Waals surface area contributed by atoms with Crippen molar-refractivity contribution in [1.29, 1.82) is 0 Å². The summed E-state index contributed by atoms with van der Waals surface area (Å²) < 4.78 is 13.4. The second-order valence-corrected chi connectivity index (χ2v) is 9.14. The van der Waals surface area contributed by atoms with Gasteiger partial charge in [0.05, 0.1) is 6.21 Å². The van der Waals surface area contributed by atoms with Crippen molar-refractivity contribution < 1.29 is 9.50 Å². The first-order valence-electron chi connectivity index (χ1n) is 10.7. The van der Waals surface area contributed by atoms with E-state index >= 15 is 0 Å². The summed E-state index contributed by atoms with van der Waals surface area (Å²) >= 11 is 0. The van der Waals surface area contributed by atoms with Crippen LogP contribution in [0.4, 0.5) is 4.39 Å². The molecule has 5 rings (SSSR count). The van der Waals surface area contributed by atoms with E-state index in [1.807, 2.05) is 18.2 Å². The maximum Gasteiger partial charge on any atom is 0.123 e. The van der Waals surface area contributed by atoms with E-state index in [-0.39, 0.29) is 11.2 Å². The number of benzene rings is 2. The molecule has 29 heavy (non-hydrogen) atoms. The minimum atomic E-state index is -0.251. The molecule has 0 saturated heterocycles. The van der Waals surface area contributed by atoms with Gasteiger partial charge in [-0.05, 0) is 97.2 Å². The average Bonchev–Trinajstić information content (AvgIpc) is 3.04. The molecule has 2 aromatic carbocycles. The van der Waals surface area contributed by atoms with Gasteiger partial charge in [0.25, 0.3) is 0 Å². The van der Waals surface area contributed by atoms with Crippen molar-refractivity contribution in [3.8, 4) is 5.75 Å². The number of phenolic OH excluding ortho intramolecular Hbond substituents is 1. The second kappa shape index (κ2) is 7.08. The van der Waals surface area contributed by atoms with Gasteiger partial charge in [-0.3, -0.25) is 0 Å². The van der Waals surface area contributed by atoms with Crippen LogP contribution in [0.15, 0.2) is 52.7 Å². The quantitative estimate of drug-likeness (QED) is 0.506. The molecular formula is C25H27FN2O. The highest BCUT2D eigenvalue weighted by molar-refractivity contribution is 5.93. The van der Waals surface area contributed by atoms with Crippen LogP contribution in [0.3, 0.4) is 0 Å². The number of hydrogen-bond acceptors (Lipinski definition) is 3. The van der Waals surface area contributed by atoms with Crippen LogP contribution in [0.5, 0.6) is 5.75 Å². The number of hydrogen-bond donors (Lipinski definition) is 1. The number of aryl methyl sites for hydroxylation is 1. The molecule has 0 aromatic heterocycles. The van der Waals surface area contributed by atoms with Gasteiger partial charge in [0.15, 0.2) is 0 Å². The molecule has 3 nitrogen and oxygen atoms in total. The second-order valence-electron chi connectivity index (χ2n) is 9.14. The lowest BCUT2D eigenvalue weighted by molar-refractivity contribution is 0.0955. The molecule has 150 valence electrons. The van der Waals surface area contributed by atoms with Crippen molar-refractivity contribution in [2.45, 2.75) is 51.4 Å². The Labute approximate surface area is 171 Å². The molecule has 4 unspecified atom stereocenters. The molecule has 2 aromatic rings. The fourth-order valence-corrected chi connectivity index (χ4v) is 6.27. The first-order chi connectivity index (χ1) is 14.0. The van der Waals surface area contributed by atoms with Crippen LogP contribution in [0.1, 0.15) is 61.6 Å². The summed E-state index contributed by atoms with van der Waals surface area (Å²) in [6.45, 7) is 2.38. The van der Waals surface area contributed by atoms with Crippen LogP contribution >= 0.6 is 0 Å². The van der Waals surface area contributed by atoms with Crippen molar-refractivity contribution in [3.05, 3.63) is 65.0 Å². The van der Waals surface area contributed by atoms with Crippen molar-refractivity contribution in [2.24, 2.45) is 27.5 Å². The van der Waals surface area contributed by atoms with Gasteiger partial charge in [0.1, 0.15) is 11.6 Å². The number of nitrogens with zero attached hydrogens (tertiary/aromatic N) is 2. The third-order valence-corrected chi connectivity index (χ3v) is 7.69. The lowest BCUT2D eigenvalue weighted by Crippen LogP contribution is -2.42. The van der Waals surface area contributed by atoms with Crippen molar-refractivity contribution in [3.63, 3.8) is 0 Å². The third-order valence-electron chi connectivity index (χ3n) is 7.69. The maximum atomic E-state index is 13.4. The Hall–Kier alpha value is -2.49. The highest BCUT2D eigenvalue weighted by Gasteiger charge is 2.53. The molecular weight excluding hydrogens is 363 g/mol. The van der Waals surface area contributed by atoms with Gasteiger partial charge in [-0.25, -0.2) is 4.39 Å². The number of phenols is 1. The average molecular weight is 391 g/mol. The molecule has 3 aliphatic rings. The first-order valence-corrected chi connectivity index (χ1v) is 10.7. The maximum absolute atomic E-state index is 13.4. The van der Waals surface area contributed by atoms with E-state index in [0.717, 1.165) is 24.8 Å². The summed E-state index contributed by atoms with van der Waals surface area (Å²) in [6, 6.07) is 12.4. The van der Waals surface area contributed by atoms with Gasteiger partial charge in [-0.15, -0.1) is 0 Å². The van der Waals surface area contributed by atoms with Crippen molar-refractivity contribution in [2.75, 3.05) is 0 Å². The standard InChI is InChI=1S/C25H27FN2O/c1-25-12-11-21-20-8-6-19(29)14-17(20)5-7-22(21)23(25)9-10-24(25)28-27-15-16-3-2-4-18(26)13-16/h2-4,6,8,13-15,21-23,29H,5,7,9-12H2,1H3. The molecule has 0 bridgehead atoms. The zero-order chi connectivity index (χ0) is 20.0. The highest BCUT2D eigenvalue weighted by atomic mass is 19.1. The van der Waals surface area contributed by atoms with Crippen molar-refractivity contribution in [1.82, 2.24) is 0 Å². The molecule has 2 fully saturated rings. The summed E-state index contributed by atoms with van der Waals surface area (Å²) in [5.41, 5.74) is 4.86. The monoisotopic (exact) mass is 390 g/mol. The smallest absolute Gasteiger partial charge is 0.123 e. The van der Waals surface area contributed by atoms with Crippen LogP contribution in [-0.4, -0.2) is 17.0 Å². The molecule has 1 N–H and O–H groups in total. The predicted molar refractivity (Wildman–Crippen MR) is 114 cm³/mol. The SMILES string of the molecule is CC12CCC3c4ccc(O)cc4CCC3C1CCC2=NN=Cc1cccc(F)c1. The van der Waals surface area contributed by atoms with Crippen molar-refractivity contribution >= 4 is 11.9 Å². The molecule has 0 amide bonds. The van der Waals surface area contributed by atoms with E-state index in [1.165, 1.54) is 48.2 Å². The number of aromatic hydroxyl groups is 1. The Morgan fingerprint density at radius 3 is 2.86 bits per heavy atom. The summed E-state index contributed by atoms with van der Waals surface area (Å²) in [6.07, 6.45) is 8.40. The zero-order valence-electron chi connectivity index (χ0n) is 16.8. The lowest BCUT2D eigenvalue weighted by Gasteiger charge is -2.49. The zero-order valence-corrected chi connectivity index (χ0v) is 16.8. The van der Waals surface area contributed by atoms with Gasteiger partial charge < -0.3 is 5.11 Å². The topological polar surface area (TPSA) is 45.0 Å². The Kier molecular flexibility index (Phi) is 4.53. The summed E-state index contributed by atoms with van der Waals surface area (Å²) in [5, 5.41) is 18.8. The van der Waals surface area contributed by atoms with Crippen LogP contribution in [0.2, 0.25) is 0 Å². The number of halogens is 1. The molecule has 0 radical (unpaired) electrons. The summed E-state index contributed by atoms with van der Waals surface area (Å²) in [5.74, 6) is 2.07. The van der Waals surface area contributed by atoms with E-state index < -0.39 is 0 Å². The van der Waals surface area contributed by atoms with Crippen LogP contribution in [0.25, 0.3) is 0 Å². The fraction of sp³-hybridized carbons (Fsp3) is 0.440. The van der Waals surface area contributed by atoms with Gasteiger partial charge in [0.2, 0.25) is 0 Å². The summed E-state index contributed by atoms with van der Waals surface area (Å²) in [7, 11) is 0. The Morgan fingerprint density at radius 1 is 1.10 bits per heavy atom. The third kappa shape index (κ3) is 3.19. The number of rotatable bonds is 2. The Morgan fingerprint density at radius 2 is 2.00 bits per heavy atom. The number of fused-ring (bicyclic) bond motifs is 5. The van der Waals surface area contributed by atoms with Crippen LogP contribution < -0.4 is 0 Å². The van der Waals surface area contributed by atoms with Crippen LogP contribution in [0, 0.1) is 23.1 Å². The Bertz CT molecular complexity index is 998. The first kappa shape index (κ1) is 18.5. The molecule has 0 heterocycles. The minimum absolute atomic E-state index is 0.120. The molecule has 2 saturated carbocycles. The van der Waals surface area contributed by atoms with Gasteiger partial charge >= 0.3 is 0 Å². The van der Waals surface area contributed by atoms with Gasteiger partial charge in [-0.1, -0.05) is 25.1 Å². The van der Waals surface area contributed by atoms with E-state index in [4.69, 9.17) is 0 Å². The normalized spacial score (nSPS) is 32.2. The molecule has 4 atom stereocenters. The molecule has 0 aliphatic heterocycles. The minimum Gasteiger partial charge on any atom is -0.508 e. The van der Waals surface area contributed by atoms with Crippen LogP contribution in [-0.2, 0) is 6.42 Å². The molecule has 3 aliphatic carbocycles. The predicted octanol–water partition coefficient (Wildman–Crippen LogP) is 5.86. The Balaban J connectivity index is 1.38. The molecule has 4 heteroatoms. The van der Waals surface area contributed by atoms with E-state index in [9.17, 15) is 9.50 Å². The van der Waals surface area contributed by atoms with E-state index in [2.05, 4.69) is 23.2 Å². The highest BCUT2D eigenvalue weighted by Crippen LogP contribution is 2.60. The fourth-order valence-electron chi connectivity index (χ4n) is 6.27. The van der Waals surface area contributed by atoms with Gasteiger partial charge in [-0.2, -0.15) is 10.2 Å². The van der Waals surface area contributed by atoms with E-state index in [0.29, 0.717) is 23.5 Å². The summed E-state index contributed by atoms with van der Waals surface area (Å²) in [4.78, 5) is 0. The molecule has 0 spiro atoms. The van der Waals surface area contributed by atoms with E-state index in [1.54, 1.807) is 12.3 Å². The largest absolute Gasteiger partial charge is 0.508 e. The van der Waals surface area contributed by atoms with Gasteiger partial charge in [0, 0.05) is 11.1 Å². The lowest BCUT2D eigenvalue weighted by atomic mass is 9.55.